The van der Waals surface area contributed by atoms with Crippen LogP contribution in [0.4, 0.5) is 0 Å². The molecule has 1 aliphatic heterocycles. The van der Waals surface area contributed by atoms with Gasteiger partial charge in [-0.15, -0.1) is 24.8 Å². The molecule has 0 radical (unpaired) electrons. The zero-order valence-corrected chi connectivity index (χ0v) is 18.0. The first-order valence-corrected chi connectivity index (χ1v) is 9.31. The Balaban J connectivity index is 0.00000312. The molecular weight excluding hydrogens is 375 g/mol. The Bertz CT molecular complexity index is 452. The van der Waals surface area contributed by atoms with E-state index in [0.29, 0.717) is 6.42 Å². The monoisotopic (exact) mass is 410 g/mol. The van der Waals surface area contributed by atoms with Crippen LogP contribution in [-0.2, 0) is 9.59 Å². The van der Waals surface area contributed by atoms with E-state index < -0.39 is 0 Å². The normalized spacial score (nSPS) is 27.0. The summed E-state index contributed by atoms with van der Waals surface area (Å²) in [6.07, 6.45) is 6.54. The third kappa shape index (κ3) is 7.22. The molecule has 8 heteroatoms. The average Bonchev–Trinajstić information content (AvgIpc) is 2.53. The summed E-state index contributed by atoms with van der Waals surface area (Å²) >= 11 is 0. The third-order valence-corrected chi connectivity index (χ3v) is 5.65. The van der Waals surface area contributed by atoms with Gasteiger partial charge in [0.1, 0.15) is 0 Å². The second kappa shape index (κ2) is 11.3. The van der Waals surface area contributed by atoms with Crippen LogP contribution in [0.15, 0.2) is 0 Å². The predicted octanol–water partition coefficient (Wildman–Crippen LogP) is 1.80. The summed E-state index contributed by atoms with van der Waals surface area (Å²) in [6.45, 7) is 4.70. The van der Waals surface area contributed by atoms with Gasteiger partial charge in [0, 0.05) is 51.7 Å². The Labute approximate surface area is 170 Å². The van der Waals surface area contributed by atoms with E-state index in [1.165, 1.54) is 0 Å². The molecule has 6 nitrogen and oxygen atoms in total. The molecule has 0 aromatic heterocycles. The third-order valence-electron chi connectivity index (χ3n) is 5.65. The maximum absolute atomic E-state index is 12.6. The smallest absolute Gasteiger partial charge is 0.225 e. The Hall–Kier alpha value is -0.560. The number of amides is 2. The number of hydrogen-bond acceptors (Lipinski definition) is 4. The van der Waals surface area contributed by atoms with Crippen LogP contribution < -0.4 is 11.1 Å². The first-order valence-electron chi connectivity index (χ1n) is 9.31. The maximum atomic E-state index is 12.6. The summed E-state index contributed by atoms with van der Waals surface area (Å²) in [4.78, 5) is 28.2. The molecule has 1 aliphatic carbocycles. The van der Waals surface area contributed by atoms with Crippen LogP contribution in [-0.4, -0.2) is 66.9 Å². The van der Waals surface area contributed by atoms with Crippen molar-refractivity contribution in [3.8, 4) is 0 Å². The van der Waals surface area contributed by atoms with Gasteiger partial charge < -0.3 is 20.9 Å². The molecule has 0 spiro atoms. The minimum atomic E-state index is -0.365. The Morgan fingerprint density at radius 2 is 1.77 bits per heavy atom. The second-order valence-corrected chi connectivity index (χ2v) is 7.97. The van der Waals surface area contributed by atoms with Crippen LogP contribution in [0, 0.1) is 5.92 Å². The number of carbonyl (C=O) groups is 2. The van der Waals surface area contributed by atoms with Gasteiger partial charge in [-0.25, -0.2) is 0 Å². The molecule has 2 aliphatic rings. The van der Waals surface area contributed by atoms with Crippen molar-refractivity contribution < 1.29 is 9.59 Å². The first-order chi connectivity index (χ1) is 11.3. The quantitative estimate of drug-likeness (QED) is 0.723. The second-order valence-electron chi connectivity index (χ2n) is 7.97. The lowest BCUT2D eigenvalue weighted by molar-refractivity contribution is -0.129. The molecule has 1 heterocycles. The molecular formula is C18H36Cl2N4O2. The fourth-order valence-electron chi connectivity index (χ4n) is 3.87. The molecule has 2 atom stereocenters. The number of nitrogens with zero attached hydrogens (tertiary/aromatic N) is 2. The van der Waals surface area contributed by atoms with Crippen molar-refractivity contribution in [1.29, 1.82) is 0 Å². The molecule has 0 aromatic rings. The number of carbonyl (C=O) groups excluding carboxylic acids is 2. The van der Waals surface area contributed by atoms with Gasteiger partial charge in [-0.2, -0.15) is 0 Å². The molecule has 1 saturated heterocycles. The lowest BCUT2D eigenvalue weighted by Gasteiger charge is -2.39. The molecule has 2 fully saturated rings. The van der Waals surface area contributed by atoms with Crippen molar-refractivity contribution in [3.63, 3.8) is 0 Å². The zero-order chi connectivity index (χ0) is 17.7. The highest BCUT2D eigenvalue weighted by Gasteiger charge is 2.38. The van der Waals surface area contributed by atoms with Gasteiger partial charge in [0.2, 0.25) is 11.8 Å². The number of halogens is 2. The highest BCUT2D eigenvalue weighted by atomic mass is 35.5. The first kappa shape index (κ1) is 25.4. The van der Waals surface area contributed by atoms with Gasteiger partial charge >= 0.3 is 0 Å². The maximum Gasteiger partial charge on any atom is 0.225 e. The average molecular weight is 411 g/mol. The van der Waals surface area contributed by atoms with E-state index in [-0.39, 0.29) is 54.1 Å². The summed E-state index contributed by atoms with van der Waals surface area (Å²) < 4.78 is 0. The van der Waals surface area contributed by atoms with Crippen molar-refractivity contribution in [2.75, 3.05) is 33.7 Å². The fourth-order valence-corrected chi connectivity index (χ4v) is 3.87. The minimum absolute atomic E-state index is 0. The SMILES string of the molecule is CN(C)C(=O)CCN1CCC(NC(=O)C2CCCCC2(C)N)CC1.Cl.Cl. The van der Waals surface area contributed by atoms with Crippen LogP contribution in [0.25, 0.3) is 0 Å². The van der Waals surface area contributed by atoms with E-state index in [9.17, 15) is 9.59 Å². The van der Waals surface area contributed by atoms with Gasteiger partial charge in [0.05, 0.1) is 5.92 Å². The summed E-state index contributed by atoms with van der Waals surface area (Å²) in [6, 6.07) is 0.246. The number of piperidine rings is 1. The minimum Gasteiger partial charge on any atom is -0.353 e. The van der Waals surface area contributed by atoms with Gasteiger partial charge in [0.15, 0.2) is 0 Å². The van der Waals surface area contributed by atoms with Gasteiger partial charge in [-0.1, -0.05) is 12.8 Å². The Kier molecular flexibility index (Phi) is 11.1. The highest BCUT2D eigenvalue weighted by Crippen LogP contribution is 2.32. The van der Waals surface area contributed by atoms with Gasteiger partial charge in [0.25, 0.3) is 0 Å². The van der Waals surface area contributed by atoms with E-state index >= 15 is 0 Å². The van der Waals surface area contributed by atoms with E-state index in [1.807, 2.05) is 6.92 Å². The number of hydrogen-bond donors (Lipinski definition) is 2. The van der Waals surface area contributed by atoms with Crippen molar-refractivity contribution in [3.05, 3.63) is 0 Å². The van der Waals surface area contributed by atoms with Crippen LogP contribution in [0.2, 0.25) is 0 Å². The van der Waals surface area contributed by atoms with Crippen LogP contribution >= 0.6 is 24.8 Å². The molecule has 2 rings (SSSR count). The lowest BCUT2D eigenvalue weighted by Crippen LogP contribution is -2.55. The van der Waals surface area contributed by atoms with Crippen LogP contribution in [0.1, 0.15) is 51.9 Å². The van der Waals surface area contributed by atoms with Crippen molar-refractivity contribution in [2.24, 2.45) is 11.7 Å². The molecule has 1 saturated carbocycles. The van der Waals surface area contributed by atoms with E-state index in [2.05, 4.69) is 10.2 Å². The van der Waals surface area contributed by atoms with Crippen LogP contribution in [0.5, 0.6) is 0 Å². The lowest BCUT2D eigenvalue weighted by atomic mass is 9.74. The Morgan fingerprint density at radius 3 is 2.31 bits per heavy atom. The number of likely N-dealkylation sites (tertiary alicyclic amines) is 1. The number of nitrogens with two attached hydrogens (primary N) is 1. The predicted molar refractivity (Wildman–Crippen MR) is 110 cm³/mol. The summed E-state index contributed by atoms with van der Waals surface area (Å²) in [5.41, 5.74) is 5.97. The van der Waals surface area contributed by atoms with Gasteiger partial charge in [-0.05, 0) is 32.6 Å². The van der Waals surface area contributed by atoms with E-state index in [0.717, 1.165) is 58.2 Å². The van der Waals surface area contributed by atoms with E-state index in [1.54, 1.807) is 19.0 Å². The van der Waals surface area contributed by atoms with Crippen molar-refractivity contribution >= 4 is 36.6 Å². The van der Waals surface area contributed by atoms with Gasteiger partial charge in [-0.3, -0.25) is 9.59 Å². The molecule has 0 bridgehead atoms. The van der Waals surface area contributed by atoms with Crippen LogP contribution in [0.3, 0.4) is 0 Å². The summed E-state index contributed by atoms with van der Waals surface area (Å²) in [7, 11) is 3.58. The highest BCUT2D eigenvalue weighted by molar-refractivity contribution is 5.85. The molecule has 154 valence electrons. The summed E-state index contributed by atoms with van der Waals surface area (Å²) in [5.74, 6) is 0.257. The molecule has 2 unspecified atom stereocenters. The molecule has 2 amide bonds. The van der Waals surface area contributed by atoms with E-state index in [4.69, 9.17) is 5.73 Å². The van der Waals surface area contributed by atoms with Crippen molar-refractivity contribution in [1.82, 2.24) is 15.1 Å². The Morgan fingerprint density at radius 1 is 1.15 bits per heavy atom. The fraction of sp³-hybridized carbons (Fsp3) is 0.889. The number of rotatable bonds is 5. The largest absolute Gasteiger partial charge is 0.353 e. The van der Waals surface area contributed by atoms with Crippen molar-refractivity contribution in [2.45, 2.75) is 63.5 Å². The molecule has 3 N–H and O–H groups in total. The standard InChI is InChI=1S/C18H34N4O2.2ClH/c1-18(19)10-5-4-6-15(18)17(24)20-14-7-11-22(12-8-14)13-9-16(23)21(2)3;;/h14-15H,4-13,19H2,1-3H3,(H,20,24);2*1H. The molecule has 26 heavy (non-hydrogen) atoms. The summed E-state index contributed by atoms with van der Waals surface area (Å²) in [5, 5.41) is 3.23. The number of nitrogens with one attached hydrogen (secondary N) is 1. The zero-order valence-electron chi connectivity index (χ0n) is 16.3. The topological polar surface area (TPSA) is 78.7 Å². The molecule has 0 aromatic carbocycles.